The molecule has 2 N–H and O–H groups in total. The molecule has 1 saturated heterocycles. The molecule has 2 heterocycles. The van der Waals surface area contributed by atoms with Crippen LogP contribution in [-0.4, -0.2) is 34.3 Å². The van der Waals surface area contributed by atoms with E-state index in [1.807, 2.05) is 13.0 Å². The normalized spacial score (nSPS) is 19.4. The van der Waals surface area contributed by atoms with Gasteiger partial charge in [-0.05, 0) is 31.9 Å². The predicted molar refractivity (Wildman–Crippen MR) is 62.2 cm³/mol. The fraction of sp³-hybridized carbons (Fsp3) is 0.417. The van der Waals surface area contributed by atoms with Crippen LogP contribution in [0.2, 0.25) is 0 Å². The molecule has 1 aliphatic rings. The lowest BCUT2D eigenvalue weighted by Gasteiger charge is -2.21. The van der Waals surface area contributed by atoms with E-state index in [9.17, 15) is 9.59 Å². The summed E-state index contributed by atoms with van der Waals surface area (Å²) in [5.41, 5.74) is 6.44. The van der Waals surface area contributed by atoms with E-state index >= 15 is 0 Å². The maximum atomic E-state index is 12.2. The van der Waals surface area contributed by atoms with Crippen LogP contribution in [0.25, 0.3) is 0 Å². The van der Waals surface area contributed by atoms with Gasteiger partial charge in [-0.1, -0.05) is 6.07 Å². The summed E-state index contributed by atoms with van der Waals surface area (Å²) < 4.78 is 0. The molecule has 90 valence electrons. The highest BCUT2D eigenvalue weighted by molar-refractivity contribution is 5.96. The van der Waals surface area contributed by atoms with Gasteiger partial charge in [0.15, 0.2) is 0 Å². The van der Waals surface area contributed by atoms with Gasteiger partial charge in [0.1, 0.15) is 11.7 Å². The average molecular weight is 233 g/mol. The Morgan fingerprint density at radius 2 is 2.24 bits per heavy atom. The molecule has 0 saturated carbocycles. The molecule has 1 atom stereocenters. The molecule has 1 aromatic rings. The first-order valence-electron chi connectivity index (χ1n) is 5.63. The average Bonchev–Trinajstić information content (AvgIpc) is 2.77. The minimum Gasteiger partial charge on any atom is -0.368 e. The van der Waals surface area contributed by atoms with E-state index in [1.165, 1.54) is 4.90 Å². The fourth-order valence-corrected chi connectivity index (χ4v) is 2.11. The van der Waals surface area contributed by atoms with Gasteiger partial charge in [-0.25, -0.2) is 4.98 Å². The van der Waals surface area contributed by atoms with E-state index < -0.39 is 11.9 Å². The van der Waals surface area contributed by atoms with Gasteiger partial charge in [0, 0.05) is 12.2 Å². The van der Waals surface area contributed by atoms with Crippen molar-refractivity contribution in [1.82, 2.24) is 9.88 Å². The molecule has 2 amide bonds. The smallest absolute Gasteiger partial charge is 0.273 e. The van der Waals surface area contributed by atoms with E-state index in [-0.39, 0.29) is 5.91 Å². The van der Waals surface area contributed by atoms with Crippen molar-refractivity contribution in [3.05, 3.63) is 29.6 Å². The van der Waals surface area contributed by atoms with Crippen molar-refractivity contribution >= 4 is 11.8 Å². The Labute approximate surface area is 99.6 Å². The van der Waals surface area contributed by atoms with Gasteiger partial charge >= 0.3 is 0 Å². The molecule has 1 aromatic heterocycles. The summed E-state index contributed by atoms with van der Waals surface area (Å²) in [6, 6.07) is 4.79. The first-order valence-corrected chi connectivity index (χ1v) is 5.63. The van der Waals surface area contributed by atoms with Crippen LogP contribution in [0.15, 0.2) is 18.2 Å². The van der Waals surface area contributed by atoms with Crippen molar-refractivity contribution in [3.63, 3.8) is 0 Å². The third kappa shape index (κ3) is 2.27. The van der Waals surface area contributed by atoms with Gasteiger partial charge in [0.2, 0.25) is 5.91 Å². The van der Waals surface area contributed by atoms with Gasteiger partial charge in [-0.15, -0.1) is 0 Å². The number of nitrogens with zero attached hydrogens (tertiary/aromatic N) is 2. The predicted octanol–water partition coefficient (Wildman–Crippen LogP) is 0.480. The Kier molecular flexibility index (Phi) is 3.08. The Morgan fingerprint density at radius 1 is 1.47 bits per heavy atom. The van der Waals surface area contributed by atoms with Crippen LogP contribution in [0.3, 0.4) is 0 Å². The van der Waals surface area contributed by atoms with E-state index in [4.69, 9.17) is 5.73 Å². The molecular weight excluding hydrogens is 218 g/mol. The van der Waals surface area contributed by atoms with Crippen molar-refractivity contribution in [2.75, 3.05) is 6.54 Å². The quantitative estimate of drug-likeness (QED) is 0.807. The van der Waals surface area contributed by atoms with Crippen molar-refractivity contribution in [2.45, 2.75) is 25.8 Å². The molecule has 0 bridgehead atoms. The zero-order valence-electron chi connectivity index (χ0n) is 9.72. The fourth-order valence-electron chi connectivity index (χ4n) is 2.11. The third-order valence-corrected chi connectivity index (χ3v) is 2.95. The number of primary amides is 1. The molecule has 0 aromatic carbocycles. The van der Waals surface area contributed by atoms with E-state index in [1.54, 1.807) is 12.1 Å². The van der Waals surface area contributed by atoms with Gasteiger partial charge in [0.05, 0.1) is 0 Å². The Hall–Kier alpha value is -1.91. The minimum atomic E-state index is -0.482. The summed E-state index contributed by atoms with van der Waals surface area (Å²) in [4.78, 5) is 29.1. The van der Waals surface area contributed by atoms with Crippen LogP contribution >= 0.6 is 0 Å². The summed E-state index contributed by atoms with van der Waals surface area (Å²) in [5.74, 6) is -0.654. The second kappa shape index (κ2) is 4.53. The number of aryl methyl sites for hydroxylation is 1. The van der Waals surface area contributed by atoms with Crippen molar-refractivity contribution < 1.29 is 9.59 Å². The Morgan fingerprint density at radius 3 is 2.88 bits per heavy atom. The van der Waals surface area contributed by atoms with E-state index in [2.05, 4.69) is 4.98 Å². The van der Waals surface area contributed by atoms with Crippen LogP contribution in [0.1, 0.15) is 29.0 Å². The molecule has 1 fully saturated rings. The van der Waals surface area contributed by atoms with Crippen LogP contribution < -0.4 is 5.73 Å². The highest BCUT2D eigenvalue weighted by Crippen LogP contribution is 2.19. The number of carbonyl (C=O) groups excluding carboxylic acids is 2. The number of pyridine rings is 1. The largest absolute Gasteiger partial charge is 0.368 e. The zero-order valence-corrected chi connectivity index (χ0v) is 9.72. The number of nitrogens with two attached hydrogens (primary N) is 1. The number of hydrogen-bond acceptors (Lipinski definition) is 3. The molecule has 5 nitrogen and oxygen atoms in total. The SMILES string of the molecule is Cc1cccc(C(=O)N2CCCC2C(N)=O)n1. The highest BCUT2D eigenvalue weighted by Gasteiger charge is 2.33. The van der Waals surface area contributed by atoms with Crippen LogP contribution in [0.4, 0.5) is 0 Å². The van der Waals surface area contributed by atoms with Gasteiger partial charge in [-0.3, -0.25) is 9.59 Å². The van der Waals surface area contributed by atoms with Crippen molar-refractivity contribution in [2.24, 2.45) is 5.73 Å². The second-order valence-electron chi connectivity index (χ2n) is 4.22. The van der Waals surface area contributed by atoms with Crippen LogP contribution in [0.5, 0.6) is 0 Å². The molecule has 0 spiro atoms. The summed E-state index contributed by atoms with van der Waals surface area (Å²) in [5, 5.41) is 0. The number of rotatable bonds is 2. The molecule has 1 aliphatic heterocycles. The molecule has 17 heavy (non-hydrogen) atoms. The van der Waals surface area contributed by atoms with E-state index in [0.717, 1.165) is 12.1 Å². The van der Waals surface area contributed by atoms with Gasteiger partial charge in [-0.2, -0.15) is 0 Å². The summed E-state index contributed by atoms with van der Waals surface area (Å²) in [6.07, 6.45) is 1.46. The molecule has 5 heteroatoms. The third-order valence-electron chi connectivity index (χ3n) is 2.95. The first kappa shape index (κ1) is 11.6. The molecular formula is C12H15N3O2. The van der Waals surface area contributed by atoms with Crippen molar-refractivity contribution in [3.8, 4) is 0 Å². The van der Waals surface area contributed by atoms with Crippen LogP contribution in [0, 0.1) is 6.92 Å². The minimum absolute atomic E-state index is 0.213. The topological polar surface area (TPSA) is 76.3 Å². The lowest BCUT2D eigenvalue weighted by atomic mass is 10.2. The molecule has 2 rings (SSSR count). The molecule has 1 unspecified atom stereocenters. The van der Waals surface area contributed by atoms with Crippen LogP contribution in [-0.2, 0) is 4.79 Å². The zero-order chi connectivity index (χ0) is 12.4. The number of hydrogen-bond donors (Lipinski definition) is 1. The number of carbonyl (C=O) groups is 2. The summed E-state index contributed by atoms with van der Waals surface area (Å²) in [6.45, 7) is 2.40. The Bertz CT molecular complexity index is 459. The number of amides is 2. The molecule has 0 aliphatic carbocycles. The monoisotopic (exact) mass is 233 g/mol. The maximum absolute atomic E-state index is 12.2. The number of aromatic nitrogens is 1. The highest BCUT2D eigenvalue weighted by atomic mass is 16.2. The standard InChI is InChI=1S/C12H15N3O2/c1-8-4-2-5-9(14-8)12(17)15-7-3-6-10(15)11(13)16/h2,4-5,10H,3,6-7H2,1H3,(H2,13,16). The van der Waals surface area contributed by atoms with E-state index in [0.29, 0.717) is 18.7 Å². The molecule has 0 radical (unpaired) electrons. The summed E-state index contributed by atoms with van der Waals surface area (Å²) in [7, 11) is 0. The lowest BCUT2D eigenvalue weighted by Crippen LogP contribution is -2.43. The summed E-state index contributed by atoms with van der Waals surface area (Å²) >= 11 is 0. The first-order chi connectivity index (χ1) is 8.09. The van der Waals surface area contributed by atoms with Gasteiger partial charge in [0.25, 0.3) is 5.91 Å². The van der Waals surface area contributed by atoms with Crippen molar-refractivity contribution in [1.29, 1.82) is 0 Å². The lowest BCUT2D eigenvalue weighted by molar-refractivity contribution is -0.121. The second-order valence-corrected chi connectivity index (χ2v) is 4.22. The Balaban J connectivity index is 2.23. The maximum Gasteiger partial charge on any atom is 0.273 e. The van der Waals surface area contributed by atoms with Gasteiger partial charge < -0.3 is 10.6 Å². The number of likely N-dealkylation sites (tertiary alicyclic amines) is 1.